The van der Waals surface area contributed by atoms with E-state index in [2.05, 4.69) is 6.92 Å². The van der Waals surface area contributed by atoms with Gasteiger partial charge in [-0.1, -0.05) is 18.5 Å². The second-order valence-corrected chi connectivity index (χ2v) is 7.17. The van der Waals surface area contributed by atoms with Gasteiger partial charge in [0.15, 0.2) is 0 Å². The van der Waals surface area contributed by atoms with Gasteiger partial charge in [0, 0.05) is 24.7 Å². The number of carbonyl (C=O) groups excluding carboxylic acids is 1. The first kappa shape index (κ1) is 16.4. The number of amides is 1. The minimum Gasteiger partial charge on any atom is -0.490 e. The van der Waals surface area contributed by atoms with Crippen molar-refractivity contribution >= 4 is 23.2 Å². The molecule has 1 fully saturated rings. The number of ether oxygens (including phenoxy) is 1. The number of nitrogens with zero attached hydrogens (tertiary/aromatic N) is 2. The maximum atomic E-state index is 12.6. The largest absolute Gasteiger partial charge is 0.490 e. The molecule has 23 heavy (non-hydrogen) atoms. The highest BCUT2D eigenvalue weighted by atomic mass is 35.5. The van der Waals surface area contributed by atoms with Crippen molar-refractivity contribution in [2.75, 3.05) is 44.3 Å². The van der Waals surface area contributed by atoms with Gasteiger partial charge in [-0.25, -0.2) is 0 Å². The Hall–Kier alpha value is -1.46. The molecule has 1 aromatic carbocycles. The van der Waals surface area contributed by atoms with Gasteiger partial charge in [-0.15, -0.1) is 0 Å². The number of hydrogen-bond acceptors (Lipinski definition) is 4. The Morgan fingerprint density at radius 2 is 2.09 bits per heavy atom. The predicted molar refractivity (Wildman–Crippen MR) is 90.2 cm³/mol. The number of anilines is 1. The van der Waals surface area contributed by atoms with Crippen molar-refractivity contribution in [3.63, 3.8) is 0 Å². The van der Waals surface area contributed by atoms with E-state index in [1.807, 2.05) is 21.9 Å². The van der Waals surface area contributed by atoms with Crippen molar-refractivity contribution in [1.82, 2.24) is 4.90 Å². The molecule has 0 atom stereocenters. The molecule has 2 heterocycles. The van der Waals surface area contributed by atoms with E-state index in [0.29, 0.717) is 37.8 Å². The van der Waals surface area contributed by atoms with E-state index in [1.165, 1.54) is 0 Å². The van der Waals surface area contributed by atoms with Crippen molar-refractivity contribution < 1.29 is 14.6 Å². The molecule has 5 nitrogen and oxygen atoms in total. The van der Waals surface area contributed by atoms with Crippen LogP contribution in [0.1, 0.15) is 19.8 Å². The van der Waals surface area contributed by atoms with Gasteiger partial charge < -0.3 is 19.6 Å². The van der Waals surface area contributed by atoms with Gasteiger partial charge in [-0.2, -0.15) is 0 Å². The minimum atomic E-state index is -0.0458. The summed E-state index contributed by atoms with van der Waals surface area (Å²) in [7, 11) is 0. The number of piperidine rings is 1. The highest BCUT2D eigenvalue weighted by Crippen LogP contribution is 2.34. The van der Waals surface area contributed by atoms with Crippen LogP contribution < -0.4 is 9.64 Å². The number of hydrogen-bond donors (Lipinski definition) is 1. The Kier molecular flexibility index (Phi) is 4.69. The summed E-state index contributed by atoms with van der Waals surface area (Å²) >= 11 is 6.07. The maximum Gasteiger partial charge on any atom is 0.242 e. The molecule has 1 N–H and O–H groups in total. The van der Waals surface area contributed by atoms with Crippen molar-refractivity contribution in [3.05, 3.63) is 23.2 Å². The lowest BCUT2D eigenvalue weighted by molar-refractivity contribution is -0.132. The number of rotatable bonds is 3. The lowest BCUT2D eigenvalue weighted by atomic mass is 9.81. The summed E-state index contributed by atoms with van der Waals surface area (Å²) in [5.41, 5.74) is 0.838. The lowest BCUT2D eigenvalue weighted by Crippen LogP contribution is -2.48. The van der Waals surface area contributed by atoms with Crippen LogP contribution in [-0.4, -0.2) is 55.3 Å². The van der Waals surface area contributed by atoms with Crippen LogP contribution in [-0.2, 0) is 4.79 Å². The molecule has 6 heteroatoms. The molecule has 1 amide bonds. The lowest BCUT2D eigenvalue weighted by Gasteiger charge is -2.39. The van der Waals surface area contributed by atoms with Crippen LogP contribution in [0.5, 0.6) is 5.75 Å². The second kappa shape index (κ2) is 6.57. The van der Waals surface area contributed by atoms with E-state index in [0.717, 1.165) is 24.3 Å². The Labute approximate surface area is 141 Å². The zero-order valence-electron chi connectivity index (χ0n) is 13.4. The van der Waals surface area contributed by atoms with Crippen LogP contribution in [0.3, 0.4) is 0 Å². The molecular weight excluding hydrogens is 316 g/mol. The van der Waals surface area contributed by atoms with Crippen LogP contribution in [0.25, 0.3) is 0 Å². The van der Waals surface area contributed by atoms with E-state index in [9.17, 15) is 9.90 Å². The van der Waals surface area contributed by atoms with E-state index >= 15 is 0 Å². The van der Waals surface area contributed by atoms with E-state index in [4.69, 9.17) is 16.3 Å². The smallest absolute Gasteiger partial charge is 0.242 e. The summed E-state index contributed by atoms with van der Waals surface area (Å²) in [5.74, 6) is 0.901. The topological polar surface area (TPSA) is 53.0 Å². The van der Waals surface area contributed by atoms with Gasteiger partial charge in [0.25, 0.3) is 0 Å². The van der Waals surface area contributed by atoms with Crippen LogP contribution >= 0.6 is 11.6 Å². The van der Waals surface area contributed by atoms with Crippen molar-refractivity contribution in [2.24, 2.45) is 5.41 Å². The molecule has 0 spiro atoms. The molecule has 0 aromatic heterocycles. The molecule has 2 aliphatic rings. The SMILES string of the molecule is CC1(CO)CCN(C(=O)CN2CCOc3ccc(Cl)cc32)CC1. The van der Waals surface area contributed by atoms with E-state index in [-0.39, 0.29) is 17.9 Å². The summed E-state index contributed by atoms with van der Waals surface area (Å²) in [5, 5.41) is 10.1. The zero-order valence-corrected chi connectivity index (χ0v) is 14.2. The molecule has 0 saturated carbocycles. The first-order valence-corrected chi connectivity index (χ1v) is 8.44. The molecule has 3 rings (SSSR count). The van der Waals surface area contributed by atoms with Crippen molar-refractivity contribution in [2.45, 2.75) is 19.8 Å². The van der Waals surface area contributed by atoms with Crippen LogP contribution in [0.4, 0.5) is 5.69 Å². The fraction of sp³-hybridized carbons (Fsp3) is 0.588. The molecule has 1 aromatic rings. The zero-order chi connectivity index (χ0) is 16.4. The Bertz CT molecular complexity index is 585. The summed E-state index contributed by atoms with van der Waals surface area (Å²) in [6, 6.07) is 5.50. The number of fused-ring (bicyclic) bond motifs is 1. The normalized spacial score (nSPS) is 20.0. The van der Waals surface area contributed by atoms with Crippen LogP contribution in [0.15, 0.2) is 18.2 Å². The number of halogens is 1. The molecule has 2 aliphatic heterocycles. The van der Waals surface area contributed by atoms with E-state index in [1.54, 1.807) is 6.07 Å². The third kappa shape index (κ3) is 3.56. The van der Waals surface area contributed by atoms with E-state index < -0.39 is 0 Å². The minimum absolute atomic E-state index is 0.0458. The first-order chi connectivity index (χ1) is 11.0. The highest BCUT2D eigenvalue weighted by molar-refractivity contribution is 6.31. The maximum absolute atomic E-state index is 12.6. The van der Waals surface area contributed by atoms with Gasteiger partial charge in [-0.3, -0.25) is 4.79 Å². The number of benzene rings is 1. The summed E-state index contributed by atoms with van der Waals surface area (Å²) < 4.78 is 5.62. The highest BCUT2D eigenvalue weighted by Gasteiger charge is 2.32. The summed E-state index contributed by atoms with van der Waals surface area (Å²) in [6.45, 7) is 5.28. The monoisotopic (exact) mass is 338 g/mol. The number of aliphatic hydroxyl groups excluding tert-OH is 1. The first-order valence-electron chi connectivity index (χ1n) is 8.07. The summed E-state index contributed by atoms with van der Waals surface area (Å²) in [6.07, 6.45) is 1.70. The molecule has 0 aliphatic carbocycles. The van der Waals surface area contributed by atoms with Crippen LogP contribution in [0, 0.1) is 5.41 Å². The fourth-order valence-electron chi connectivity index (χ4n) is 3.13. The fourth-order valence-corrected chi connectivity index (χ4v) is 3.29. The molecular formula is C17H23ClN2O3. The van der Waals surface area contributed by atoms with Gasteiger partial charge in [0.05, 0.1) is 18.8 Å². The molecule has 0 radical (unpaired) electrons. The van der Waals surface area contributed by atoms with Crippen molar-refractivity contribution in [3.8, 4) is 5.75 Å². The van der Waals surface area contributed by atoms with Gasteiger partial charge >= 0.3 is 0 Å². The average Bonchev–Trinajstić information content (AvgIpc) is 2.56. The number of aliphatic hydroxyl groups is 1. The summed E-state index contributed by atoms with van der Waals surface area (Å²) in [4.78, 5) is 16.5. The molecule has 1 saturated heterocycles. The molecule has 0 unspecified atom stereocenters. The number of carbonyl (C=O) groups is 1. The van der Waals surface area contributed by atoms with Gasteiger partial charge in [-0.05, 0) is 36.5 Å². The second-order valence-electron chi connectivity index (χ2n) is 6.73. The third-order valence-electron chi connectivity index (χ3n) is 4.91. The number of likely N-dealkylation sites (tertiary alicyclic amines) is 1. The average molecular weight is 339 g/mol. The van der Waals surface area contributed by atoms with Gasteiger partial charge in [0.2, 0.25) is 5.91 Å². The molecule has 126 valence electrons. The Morgan fingerprint density at radius 3 is 2.78 bits per heavy atom. The van der Waals surface area contributed by atoms with Gasteiger partial charge in [0.1, 0.15) is 12.4 Å². The predicted octanol–water partition coefficient (Wildman–Crippen LogP) is 2.16. The third-order valence-corrected chi connectivity index (χ3v) is 5.15. The Morgan fingerprint density at radius 1 is 1.35 bits per heavy atom. The Balaban J connectivity index is 1.65. The quantitative estimate of drug-likeness (QED) is 0.917. The standard InChI is InChI=1S/C17H23ClN2O3/c1-17(12-21)4-6-19(7-5-17)16(22)11-20-8-9-23-15-3-2-13(18)10-14(15)20/h2-3,10,21H,4-9,11-12H2,1H3. The molecule has 0 bridgehead atoms. The van der Waals surface area contributed by atoms with Crippen LogP contribution in [0.2, 0.25) is 5.02 Å². The van der Waals surface area contributed by atoms with Crippen molar-refractivity contribution in [1.29, 1.82) is 0 Å².